The van der Waals surface area contributed by atoms with E-state index in [1.54, 1.807) is 32.0 Å². The molecular formula is C23H23ClN6O4. The van der Waals surface area contributed by atoms with Crippen LogP contribution in [0.4, 0.5) is 11.6 Å². The van der Waals surface area contributed by atoms with Crippen LogP contribution < -0.4 is 20.7 Å². The highest BCUT2D eigenvalue weighted by Gasteiger charge is 2.26. The monoisotopic (exact) mass is 482 g/mol. The fourth-order valence-corrected chi connectivity index (χ4v) is 3.87. The Kier molecular flexibility index (Phi) is 5.41. The summed E-state index contributed by atoms with van der Waals surface area (Å²) in [5, 5.41) is 20.8. The number of rotatable bonds is 5. The molecule has 1 aromatic carbocycles. The lowest BCUT2D eigenvalue weighted by molar-refractivity contribution is 0.0918. The van der Waals surface area contributed by atoms with Crippen molar-refractivity contribution in [2.75, 3.05) is 23.7 Å². The highest BCUT2D eigenvalue weighted by molar-refractivity contribution is 6.29. The third kappa shape index (κ3) is 4.42. The van der Waals surface area contributed by atoms with Gasteiger partial charge in [0.15, 0.2) is 0 Å². The molecule has 11 heteroatoms. The Morgan fingerprint density at radius 3 is 2.85 bits per heavy atom. The zero-order chi connectivity index (χ0) is 24.0. The van der Waals surface area contributed by atoms with Crippen LogP contribution in [0, 0.1) is 0 Å². The van der Waals surface area contributed by atoms with Crippen molar-refractivity contribution in [1.82, 2.24) is 20.3 Å². The predicted octanol–water partition coefficient (Wildman–Crippen LogP) is 3.94. The Hall–Kier alpha value is -3.63. The first-order chi connectivity index (χ1) is 16.2. The summed E-state index contributed by atoms with van der Waals surface area (Å²) in [4.78, 5) is 25.5. The second kappa shape index (κ2) is 8.30. The van der Waals surface area contributed by atoms with Crippen molar-refractivity contribution < 1.29 is 19.1 Å². The number of nitrogens with zero attached hydrogens (tertiary/aromatic N) is 3. The van der Waals surface area contributed by atoms with E-state index in [0.717, 1.165) is 10.8 Å². The maximum absolute atomic E-state index is 12.5. The van der Waals surface area contributed by atoms with E-state index in [4.69, 9.17) is 20.8 Å². The SMILES string of the molecule is CC1CNc2c(oc3ccc4nc(Oc5cc(Cl)nc(NCC(C)(C)O)n5)ccc4c23)C(=O)N1. The molecule has 0 saturated carbocycles. The van der Waals surface area contributed by atoms with Crippen LogP contribution in [-0.2, 0) is 0 Å². The quantitative estimate of drug-likeness (QED) is 0.312. The number of ether oxygens (including phenoxy) is 1. The Bertz CT molecular complexity index is 1410. The summed E-state index contributed by atoms with van der Waals surface area (Å²) in [5.74, 6) is 0.750. The van der Waals surface area contributed by atoms with Gasteiger partial charge in [0.25, 0.3) is 5.91 Å². The first-order valence-electron chi connectivity index (χ1n) is 10.8. The molecule has 0 spiro atoms. The van der Waals surface area contributed by atoms with Crippen molar-refractivity contribution in [2.45, 2.75) is 32.4 Å². The van der Waals surface area contributed by atoms with Crippen molar-refractivity contribution >= 4 is 51.0 Å². The zero-order valence-electron chi connectivity index (χ0n) is 18.8. The summed E-state index contributed by atoms with van der Waals surface area (Å²) in [6.45, 7) is 6.07. The molecule has 34 heavy (non-hydrogen) atoms. The van der Waals surface area contributed by atoms with Gasteiger partial charge in [0.1, 0.15) is 10.7 Å². The molecule has 10 nitrogen and oxygen atoms in total. The topological polar surface area (TPSA) is 134 Å². The molecule has 4 heterocycles. The largest absolute Gasteiger partial charge is 0.449 e. The van der Waals surface area contributed by atoms with Crippen LogP contribution in [0.25, 0.3) is 21.9 Å². The maximum atomic E-state index is 12.5. The second-order valence-electron chi connectivity index (χ2n) is 8.84. The Balaban J connectivity index is 1.48. The van der Waals surface area contributed by atoms with Gasteiger partial charge in [-0.1, -0.05) is 11.6 Å². The zero-order valence-corrected chi connectivity index (χ0v) is 19.5. The lowest BCUT2D eigenvalue weighted by Crippen LogP contribution is -2.34. The van der Waals surface area contributed by atoms with E-state index in [-0.39, 0.29) is 41.2 Å². The molecule has 3 aromatic heterocycles. The Morgan fingerprint density at radius 1 is 1.24 bits per heavy atom. The molecule has 0 saturated heterocycles. The predicted molar refractivity (Wildman–Crippen MR) is 129 cm³/mol. The fraction of sp³-hybridized carbons (Fsp3) is 0.304. The lowest BCUT2D eigenvalue weighted by atomic mass is 10.1. The molecule has 0 bridgehead atoms. The van der Waals surface area contributed by atoms with Crippen molar-refractivity contribution in [3.63, 3.8) is 0 Å². The average molecular weight is 483 g/mol. The molecule has 1 atom stereocenters. The van der Waals surface area contributed by atoms with Gasteiger partial charge in [-0.05, 0) is 39.0 Å². The number of aromatic nitrogens is 3. The van der Waals surface area contributed by atoms with Crippen LogP contribution in [0.1, 0.15) is 31.3 Å². The average Bonchev–Trinajstić information content (AvgIpc) is 3.08. The van der Waals surface area contributed by atoms with Crippen molar-refractivity contribution in [3.05, 3.63) is 41.2 Å². The molecule has 4 N–H and O–H groups in total. The number of fused-ring (bicyclic) bond motifs is 5. The first-order valence-corrected chi connectivity index (χ1v) is 11.1. The van der Waals surface area contributed by atoms with E-state index in [0.29, 0.717) is 29.2 Å². The van der Waals surface area contributed by atoms with E-state index in [2.05, 4.69) is 30.9 Å². The van der Waals surface area contributed by atoms with E-state index in [9.17, 15) is 9.90 Å². The van der Waals surface area contributed by atoms with Gasteiger partial charge in [0, 0.05) is 36.7 Å². The van der Waals surface area contributed by atoms with Gasteiger partial charge in [0.05, 0.1) is 22.2 Å². The number of aliphatic hydroxyl groups is 1. The van der Waals surface area contributed by atoms with Crippen molar-refractivity contribution in [3.8, 4) is 11.8 Å². The minimum absolute atomic E-state index is 0.0271. The van der Waals surface area contributed by atoms with Gasteiger partial charge in [-0.3, -0.25) is 4.79 Å². The lowest BCUT2D eigenvalue weighted by Gasteiger charge is -2.17. The van der Waals surface area contributed by atoms with E-state index >= 15 is 0 Å². The molecule has 0 radical (unpaired) electrons. The number of nitrogens with one attached hydrogen (secondary N) is 3. The highest BCUT2D eigenvalue weighted by Crippen LogP contribution is 2.37. The number of benzene rings is 1. The second-order valence-corrected chi connectivity index (χ2v) is 9.22. The van der Waals surface area contributed by atoms with Gasteiger partial charge in [-0.2, -0.15) is 4.98 Å². The number of hydrogen-bond donors (Lipinski definition) is 4. The standard InChI is InChI=1S/C23H23ClN6O4/c1-11-9-25-19-18-12-4-7-16(28-13(12)5-6-14(18)33-20(19)21(31)27-11)34-17-8-15(24)29-22(30-17)26-10-23(2,3)32/h4-8,11,25,32H,9-10H2,1-3H3,(H,27,31)(H,26,29,30). The molecule has 1 amide bonds. The molecule has 4 aromatic rings. The van der Waals surface area contributed by atoms with Gasteiger partial charge in [-0.15, -0.1) is 0 Å². The van der Waals surface area contributed by atoms with Crippen LogP contribution in [0.3, 0.4) is 0 Å². The maximum Gasteiger partial charge on any atom is 0.289 e. The van der Waals surface area contributed by atoms with Gasteiger partial charge < -0.3 is 30.2 Å². The van der Waals surface area contributed by atoms with E-state index < -0.39 is 5.60 Å². The molecule has 1 aliphatic heterocycles. The van der Waals surface area contributed by atoms with Crippen molar-refractivity contribution in [1.29, 1.82) is 0 Å². The number of carbonyl (C=O) groups is 1. The smallest absolute Gasteiger partial charge is 0.289 e. The molecule has 0 fully saturated rings. The van der Waals surface area contributed by atoms with Gasteiger partial charge in [0.2, 0.25) is 23.5 Å². The first kappa shape index (κ1) is 22.2. The number of amides is 1. The molecule has 1 unspecified atom stereocenters. The van der Waals surface area contributed by atoms with Crippen LogP contribution >= 0.6 is 11.6 Å². The third-order valence-corrected chi connectivity index (χ3v) is 5.42. The fourth-order valence-electron chi connectivity index (χ4n) is 3.69. The van der Waals surface area contributed by atoms with E-state index in [1.807, 2.05) is 13.0 Å². The number of anilines is 2. The normalized spacial score (nSPS) is 16.0. The van der Waals surface area contributed by atoms with Gasteiger partial charge in [-0.25, -0.2) is 9.97 Å². The molecule has 176 valence electrons. The van der Waals surface area contributed by atoms with Crippen molar-refractivity contribution in [2.24, 2.45) is 0 Å². The summed E-state index contributed by atoms with van der Waals surface area (Å²) in [7, 11) is 0. The van der Waals surface area contributed by atoms with Crippen LogP contribution in [0.15, 0.2) is 34.7 Å². The summed E-state index contributed by atoms with van der Waals surface area (Å²) in [6.07, 6.45) is 0. The summed E-state index contributed by atoms with van der Waals surface area (Å²) in [6, 6.07) is 8.60. The number of furan rings is 1. The molecule has 5 rings (SSSR count). The summed E-state index contributed by atoms with van der Waals surface area (Å²) >= 11 is 6.11. The minimum atomic E-state index is -0.948. The van der Waals surface area contributed by atoms with Gasteiger partial charge >= 0.3 is 0 Å². The van der Waals surface area contributed by atoms with Crippen LogP contribution in [0.2, 0.25) is 5.15 Å². The highest BCUT2D eigenvalue weighted by atomic mass is 35.5. The summed E-state index contributed by atoms with van der Waals surface area (Å²) < 4.78 is 11.7. The number of halogens is 1. The third-order valence-electron chi connectivity index (χ3n) is 5.22. The molecular weight excluding hydrogens is 460 g/mol. The number of hydrogen-bond acceptors (Lipinski definition) is 9. The van der Waals surface area contributed by atoms with Crippen LogP contribution in [-0.4, -0.2) is 50.7 Å². The Labute approximate surface area is 199 Å². The minimum Gasteiger partial charge on any atom is -0.449 e. The molecule has 0 aliphatic carbocycles. The van der Waals surface area contributed by atoms with E-state index in [1.165, 1.54) is 6.07 Å². The molecule has 1 aliphatic rings. The number of carbonyl (C=O) groups excluding carboxylic acids is 1. The summed E-state index contributed by atoms with van der Waals surface area (Å²) in [5.41, 5.74) is 0.962. The van der Waals surface area contributed by atoms with Crippen LogP contribution in [0.5, 0.6) is 11.8 Å². The number of pyridine rings is 1. The Morgan fingerprint density at radius 2 is 2.06 bits per heavy atom.